The van der Waals surface area contributed by atoms with Gasteiger partial charge in [0.1, 0.15) is 11.1 Å². The highest BCUT2D eigenvalue weighted by atomic mass is 32.1. The van der Waals surface area contributed by atoms with Gasteiger partial charge in [-0.3, -0.25) is 14.5 Å². The summed E-state index contributed by atoms with van der Waals surface area (Å²) in [5, 5.41) is 10.9. The minimum absolute atomic E-state index is 0.0511. The summed E-state index contributed by atoms with van der Waals surface area (Å²) in [5.74, 6) is 1.05. The van der Waals surface area contributed by atoms with Gasteiger partial charge >= 0.3 is 0 Å². The minimum Gasteiger partial charge on any atom is -0.454 e. The van der Waals surface area contributed by atoms with E-state index in [0.717, 1.165) is 48.1 Å². The summed E-state index contributed by atoms with van der Waals surface area (Å²) in [5.41, 5.74) is 3.87. The molecule has 0 radical (unpaired) electrons. The standard InChI is InChI=1S/C28H28N2O4S/c1-28(2)12-20-26(21(31)13-28)18(16-8-9-22-23(10-16)34-15-33-22)11-25(32)30(20)27-19(14-29)17-6-4-3-5-7-24(17)35-27/h8-10,18H,3-7,11-13,15H2,1-2H3. The number of Topliss-reactive ketones (excluding diaryl/α,β-unsaturated/α-hetero) is 1. The second-order valence-corrected chi connectivity index (χ2v) is 11.8. The number of aryl methyl sites for hydroxylation is 1. The monoisotopic (exact) mass is 488 g/mol. The van der Waals surface area contributed by atoms with Crippen LogP contribution >= 0.6 is 11.3 Å². The molecule has 1 atom stereocenters. The number of hydrogen-bond acceptors (Lipinski definition) is 6. The second kappa shape index (κ2) is 8.23. The number of fused-ring (bicyclic) bond motifs is 2. The number of allylic oxidation sites excluding steroid dienone is 2. The lowest BCUT2D eigenvalue weighted by Gasteiger charge is -2.42. The Morgan fingerprint density at radius 1 is 1.09 bits per heavy atom. The van der Waals surface area contributed by atoms with Gasteiger partial charge in [0, 0.05) is 34.9 Å². The summed E-state index contributed by atoms with van der Waals surface area (Å²) >= 11 is 1.58. The molecular weight excluding hydrogens is 460 g/mol. The molecule has 2 aliphatic carbocycles. The highest BCUT2D eigenvalue weighted by Gasteiger charge is 2.45. The zero-order valence-corrected chi connectivity index (χ0v) is 20.9. The van der Waals surface area contributed by atoms with Crippen molar-refractivity contribution in [3.8, 4) is 17.6 Å². The number of amides is 1. The summed E-state index contributed by atoms with van der Waals surface area (Å²) in [6, 6.07) is 8.13. The van der Waals surface area contributed by atoms with Crippen molar-refractivity contribution in [2.24, 2.45) is 5.41 Å². The molecule has 2 aromatic rings. The Bertz CT molecular complexity index is 1330. The quantitative estimate of drug-likeness (QED) is 0.501. The molecule has 180 valence electrons. The SMILES string of the molecule is CC1(C)CC(=O)C2=C(C1)N(c1sc3c(c1C#N)CCCCC3)C(=O)CC2c1ccc2c(c1)OCO2. The number of thiophene rings is 1. The molecule has 1 amide bonds. The smallest absolute Gasteiger partial charge is 0.232 e. The van der Waals surface area contributed by atoms with Gasteiger partial charge in [-0.2, -0.15) is 5.26 Å². The molecule has 1 unspecified atom stereocenters. The Morgan fingerprint density at radius 3 is 2.71 bits per heavy atom. The molecule has 6 rings (SSSR count). The molecule has 0 N–H and O–H groups in total. The zero-order valence-electron chi connectivity index (χ0n) is 20.1. The predicted molar refractivity (Wildman–Crippen MR) is 133 cm³/mol. The number of ether oxygens (including phenoxy) is 2. The van der Waals surface area contributed by atoms with Crippen molar-refractivity contribution in [2.45, 2.75) is 71.1 Å². The molecular formula is C28H28N2O4S. The fourth-order valence-corrected chi connectivity index (χ4v) is 7.45. The highest BCUT2D eigenvalue weighted by Crippen LogP contribution is 2.51. The van der Waals surface area contributed by atoms with E-state index in [1.807, 2.05) is 18.2 Å². The van der Waals surface area contributed by atoms with Crippen LogP contribution in [0.2, 0.25) is 0 Å². The molecule has 2 aliphatic heterocycles. The summed E-state index contributed by atoms with van der Waals surface area (Å²) in [4.78, 5) is 30.5. The van der Waals surface area contributed by atoms with Crippen LogP contribution in [0.3, 0.4) is 0 Å². The van der Waals surface area contributed by atoms with Crippen molar-refractivity contribution < 1.29 is 19.1 Å². The van der Waals surface area contributed by atoms with Crippen molar-refractivity contribution in [3.05, 3.63) is 51.0 Å². The first-order valence-corrected chi connectivity index (χ1v) is 13.2. The number of nitrogens with zero attached hydrogens (tertiary/aromatic N) is 2. The van der Waals surface area contributed by atoms with Gasteiger partial charge in [-0.1, -0.05) is 26.3 Å². The number of carbonyl (C=O) groups excluding carboxylic acids is 2. The van der Waals surface area contributed by atoms with Crippen molar-refractivity contribution in [1.29, 1.82) is 5.26 Å². The summed E-state index contributed by atoms with van der Waals surface area (Å²) in [6.45, 7) is 4.34. The summed E-state index contributed by atoms with van der Waals surface area (Å²) < 4.78 is 11.0. The van der Waals surface area contributed by atoms with E-state index in [1.54, 1.807) is 16.2 Å². The van der Waals surface area contributed by atoms with Crippen LogP contribution in [0.15, 0.2) is 29.5 Å². The van der Waals surface area contributed by atoms with E-state index in [4.69, 9.17) is 9.47 Å². The van der Waals surface area contributed by atoms with E-state index >= 15 is 0 Å². The summed E-state index contributed by atoms with van der Waals surface area (Å²) in [7, 11) is 0. The molecule has 6 nitrogen and oxygen atoms in total. The van der Waals surface area contributed by atoms with Gasteiger partial charge in [0.25, 0.3) is 0 Å². The van der Waals surface area contributed by atoms with E-state index in [2.05, 4.69) is 19.9 Å². The fraction of sp³-hybridized carbons (Fsp3) is 0.464. The van der Waals surface area contributed by atoms with Gasteiger partial charge in [-0.15, -0.1) is 11.3 Å². The van der Waals surface area contributed by atoms with E-state index in [0.29, 0.717) is 34.9 Å². The normalized spacial score (nSPS) is 23.0. The van der Waals surface area contributed by atoms with E-state index in [9.17, 15) is 14.9 Å². The van der Waals surface area contributed by atoms with Crippen LogP contribution in [0, 0.1) is 16.7 Å². The molecule has 3 heterocycles. The van der Waals surface area contributed by atoms with Crippen LogP contribution in [0.5, 0.6) is 11.5 Å². The molecule has 0 saturated carbocycles. The molecule has 4 aliphatic rings. The number of rotatable bonds is 2. The molecule has 7 heteroatoms. The molecule has 1 aromatic heterocycles. The van der Waals surface area contributed by atoms with Gasteiger partial charge < -0.3 is 9.47 Å². The van der Waals surface area contributed by atoms with Crippen LogP contribution < -0.4 is 14.4 Å². The van der Waals surface area contributed by atoms with Crippen LogP contribution in [0.1, 0.15) is 79.9 Å². The van der Waals surface area contributed by atoms with Crippen LogP contribution in [-0.2, 0) is 22.4 Å². The lowest BCUT2D eigenvalue weighted by molar-refractivity contribution is -0.120. The van der Waals surface area contributed by atoms with Gasteiger partial charge in [0.15, 0.2) is 17.3 Å². The maximum Gasteiger partial charge on any atom is 0.232 e. The number of benzene rings is 1. The highest BCUT2D eigenvalue weighted by molar-refractivity contribution is 7.16. The lowest BCUT2D eigenvalue weighted by atomic mass is 9.69. The maximum atomic E-state index is 13.9. The largest absolute Gasteiger partial charge is 0.454 e. The van der Waals surface area contributed by atoms with Crippen molar-refractivity contribution >= 4 is 28.0 Å². The Hall–Kier alpha value is -3.11. The first-order chi connectivity index (χ1) is 16.9. The minimum atomic E-state index is -0.324. The number of nitriles is 1. The van der Waals surface area contributed by atoms with Crippen LogP contribution in [-0.4, -0.2) is 18.5 Å². The Kier molecular flexibility index (Phi) is 5.26. The van der Waals surface area contributed by atoms with Crippen molar-refractivity contribution in [3.63, 3.8) is 0 Å². The fourth-order valence-electron chi connectivity index (χ4n) is 6.07. The van der Waals surface area contributed by atoms with Crippen LogP contribution in [0.25, 0.3) is 0 Å². The molecule has 0 spiro atoms. The summed E-state index contributed by atoms with van der Waals surface area (Å²) in [6.07, 6.45) is 6.43. The Morgan fingerprint density at radius 2 is 1.89 bits per heavy atom. The predicted octanol–water partition coefficient (Wildman–Crippen LogP) is 5.78. The Balaban J connectivity index is 1.52. The zero-order chi connectivity index (χ0) is 24.3. The second-order valence-electron chi connectivity index (χ2n) is 10.8. The third kappa shape index (κ3) is 3.66. The molecule has 1 aromatic carbocycles. The first-order valence-electron chi connectivity index (χ1n) is 12.4. The molecule has 0 bridgehead atoms. The number of anilines is 1. The lowest BCUT2D eigenvalue weighted by Crippen LogP contribution is -2.43. The topological polar surface area (TPSA) is 79.6 Å². The maximum absolute atomic E-state index is 13.9. The number of hydrogen-bond donors (Lipinski definition) is 0. The van der Waals surface area contributed by atoms with Gasteiger partial charge in [0.2, 0.25) is 12.7 Å². The van der Waals surface area contributed by atoms with Crippen molar-refractivity contribution in [2.75, 3.05) is 11.7 Å². The number of carbonyl (C=O) groups is 2. The third-order valence-electron chi connectivity index (χ3n) is 7.66. The van der Waals surface area contributed by atoms with E-state index in [1.165, 1.54) is 11.3 Å². The van der Waals surface area contributed by atoms with E-state index < -0.39 is 0 Å². The Labute approximate surface area is 209 Å². The van der Waals surface area contributed by atoms with Gasteiger partial charge in [-0.25, -0.2) is 0 Å². The van der Waals surface area contributed by atoms with Crippen LogP contribution in [0.4, 0.5) is 5.00 Å². The van der Waals surface area contributed by atoms with Gasteiger partial charge in [0.05, 0.1) is 5.56 Å². The number of ketones is 1. The molecule has 0 saturated heterocycles. The van der Waals surface area contributed by atoms with Crippen molar-refractivity contribution in [1.82, 2.24) is 0 Å². The molecule has 0 fully saturated rings. The first kappa shape index (κ1) is 22.4. The average molecular weight is 489 g/mol. The van der Waals surface area contributed by atoms with E-state index in [-0.39, 0.29) is 36.2 Å². The third-order valence-corrected chi connectivity index (χ3v) is 8.94. The molecule has 35 heavy (non-hydrogen) atoms. The van der Waals surface area contributed by atoms with Gasteiger partial charge in [-0.05, 0) is 60.8 Å². The average Bonchev–Trinajstić information content (AvgIpc) is 3.34.